The molecule has 78 valence electrons. The first-order valence-corrected chi connectivity index (χ1v) is 5.14. The van der Waals surface area contributed by atoms with E-state index in [-0.39, 0.29) is 12.0 Å². The largest absolute Gasteiger partial charge is 0.387 e. The molecule has 13 heavy (non-hydrogen) atoms. The predicted octanol–water partition coefficient (Wildman–Crippen LogP) is 0.901. The molecule has 0 saturated heterocycles. The van der Waals surface area contributed by atoms with Crippen molar-refractivity contribution in [1.29, 1.82) is 0 Å². The summed E-state index contributed by atoms with van der Waals surface area (Å²) in [5, 5.41) is 10.3. The molecule has 0 heterocycles. The molecule has 1 saturated carbocycles. The first-order chi connectivity index (χ1) is 6.19. The molecule has 3 atom stereocenters. The Labute approximate surface area is 80.3 Å². The molecule has 0 aromatic carbocycles. The van der Waals surface area contributed by atoms with E-state index in [2.05, 4.69) is 6.92 Å². The number of ether oxygens (including phenoxy) is 1. The van der Waals surface area contributed by atoms with Crippen molar-refractivity contribution in [2.24, 2.45) is 11.7 Å². The Kier molecular flexibility index (Phi) is 3.71. The fraction of sp³-hybridized carbons (Fsp3) is 1.00. The second-order valence-corrected chi connectivity index (χ2v) is 3.98. The first kappa shape index (κ1) is 11.0. The van der Waals surface area contributed by atoms with E-state index in [9.17, 15) is 5.11 Å². The molecule has 0 aliphatic heterocycles. The van der Waals surface area contributed by atoms with E-state index in [1.807, 2.05) is 0 Å². The van der Waals surface area contributed by atoms with Gasteiger partial charge in [0.15, 0.2) is 0 Å². The van der Waals surface area contributed by atoms with Gasteiger partial charge in [0.05, 0.1) is 11.7 Å². The van der Waals surface area contributed by atoms with Crippen molar-refractivity contribution in [3.05, 3.63) is 0 Å². The number of aliphatic hydroxyl groups is 1. The molecule has 3 N–H and O–H groups in total. The van der Waals surface area contributed by atoms with Crippen LogP contribution in [0.2, 0.25) is 0 Å². The van der Waals surface area contributed by atoms with Crippen LogP contribution in [-0.4, -0.2) is 30.5 Å². The van der Waals surface area contributed by atoms with Crippen LogP contribution in [0.15, 0.2) is 0 Å². The maximum atomic E-state index is 10.3. The van der Waals surface area contributed by atoms with E-state index in [0.29, 0.717) is 6.54 Å². The smallest absolute Gasteiger partial charge is 0.0948 e. The summed E-state index contributed by atoms with van der Waals surface area (Å²) in [4.78, 5) is 0. The Morgan fingerprint density at radius 3 is 2.69 bits per heavy atom. The van der Waals surface area contributed by atoms with E-state index in [4.69, 9.17) is 10.5 Å². The van der Waals surface area contributed by atoms with Crippen LogP contribution in [-0.2, 0) is 4.74 Å². The minimum Gasteiger partial charge on any atom is -0.387 e. The third kappa shape index (κ3) is 1.87. The maximum Gasteiger partial charge on any atom is 0.0948 e. The molecule has 3 nitrogen and oxygen atoms in total. The summed E-state index contributed by atoms with van der Waals surface area (Å²) in [6.45, 7) is 2.68. The highest BCUT2D eigenvalue weighted by Gasteiger charge is 2.50. The average Bonchev–Trinajstić information content (AvgIpc) is 2.12. The normalized spacial score (nSPS) is 35.5. The molecule has 0 radical (unpaired) electrons. The van der Waals surface area contributed by atoms with Gasteiger partial charge in [0.2, 0.25) is 0 Å². The molecule has 0 amide bonds. The van der Waals surface area contributed by atoms with Gasteiger partial charge in [-0.25, -0.2) is 0 Å². The van der Waals surface area contributed by atoms with Crippen molar-refractivity contribution >= 4 is 0 Å². The van der Waals surface area contributed by atoms with Crippen LogP contribution in [0.5, 0.6) is 0 Å². The molecule has 1 aliphatic carbocycles. The van der Waals surface area contributed by atoms with Crippen LogP contribution in [0.3, 0.4) is 0 Å². The van der Waals surface area contributed by atoms with Crippen molar-refractivity contribution in [1.82, 2.24) is 0 Å². The number of methoxy groups -OCH3 is 1. The lowest BCUT2D eigenvalue weighted by atomic mass is 9.67. The first-order valence-electron chi connectivity index (χ1n) is 5.14. The van der Waals surface area contributed by atoms with Crippen molar-refractivity contribution in [3.8, 4) is 0 Å². The summed E-state index contributed by atoms with van der Waals surface area (Å²) in [5.41, 5.74) is 5.02. The highest BCUT2D eigenvalue weighted by atomic mass is 16.5. The van der Waals surface area contributed by atoms with Crippen LogP contribution in [0.25, 0.3) is 0 Å². The lowest BCUT2D eigenvalue weighted by molar-refractivity contribution is -0.189. The zero-order valence-corrected chi connectivity index (χ0v) is 8.62. The van der Waals surface area contributed by atoms with Crippen LogP contribution in [0.1, 0.15) is 32.6 Å². The van der Waals surface area contributed by atoms with E-state index in [0.717, 1.165) is 25.7 Å². The van der Waals surface area contributed by atoms with Crippen molar-refractivity contribution in [2.45, 2.75) is 44.3 Å². The third-order valence-electron chi connectivity index (χ3n) is 3.28. The Bertz CT molecular complexity index is 161. The Morgan fingerprint density at radius 2 is 2.38 bits per heavy atom. The van der Waals surface area contributed by atoms with Gasteiger partial charge < -0.3 is 15.6 Å². The summed E-state index contributed by atoms with van der Waals surface area (Å²) in [6.07, 6.45) is 3.88. The highest BCUT2D eigenvalue weighted by molar-refractivity contribution is 5.02. The van der Waals surface area contributed by atoms with E-state index in [1.165, 1.54) is 0 Å². The van der Waals surface area contributed by atoms with Crippen LogP contribution in [0.4, 0.5) is 0 Å². The van der Waals surface area contributed by atoms with Crippen LogP contribution < -0.4 is 5.73 Å². The van der Waals surface area contributed by atoms with Gasteiger partial charge in [-0.1, -0.05) is 13.3 Å². The van der Waals surface area contributed by atoms with Crippen molar-refractivity contribution in [3.63, 3.8) is 0 Å². The number of hydrogen-bond acceptors (Lipinski definition) is 3. The molecule has 3 heteroatoms. The summed E-state index contributed by atoms with van der Waals surface area (Å²) in [7, 11) is 1.66. The van der Waals surface area contributed by atoms with Crippen molar-refractivity contribution < 1.29 is 9.84 Å². The van der Waals surface area contributed by atoms with E-state index < -0.39 is 5.60 Å². The molecule has 1 fully saturated rings. The molecule has 1 rings (SSSR count). The van der Waals surface area contributed by atoms with Crippen LogP contribution >= 0.6 is 0 Å². The molecule has 0 bridgehead atoms. The second-order valence-electron chi connectivity index (χ2n) is 3.98. The summed E-state index contributed by atoms with van der Waals surface area (Å²) >= 11 is 0. The zero-order chi connectivity index (χ0) is 9.90. The van der Waals surface area contributed by atoms with Gasteiger partial charge in [-0.2, -0.15) is 0 Å². The Morgan fingerprint density at radius 1 is 1.69 bits per heavy atom. The highest BCUT2D eigenvalue weighted by Crippen LogP contribution is 2.41. The molecule has 3 unspecified atom stereocenters. The number of rotatable bonds is 5. The van der Waals surface area contributed by atoms with Crippen molar-refractivity contribution in [2.75, 3.05) is 13.7 Å². The summed E-state index contributed by atoms with van der Waals surface area (Å²) in [5.74, 6) is 0.205. The molecular weight excluding hydrogens is 166 g/mol. The second kappa shape index (κ2) is 4.40. The SMILES string of the molecule is CCCC(CN)C1(O)CCC1OC. The monoisotopic (exact) mass is 187 g/mol. The summed E-state index contributed by atoms with van der Waals surface area (Å²) in [6, 6.07) is 0. The number of nitrogens with two attached hydrogens (primary N) is 1. The average molecular weight is 187 g/mol. The van der Waals surface area contributed by atoms with E-state index in [1.54, 1.807) is 7.11 Å². The molecule has 1 aliphatic rings. The van der Waals surface area contributed by atoms with E-state index >= 15 is 0 Å². The predicted molar refractivity (Wildman–Crippen MR) is 52.4 cm³/mol. The lowest BCUT2D eigenvalue weighted by Crippen LogP contribution is -2.59. The Balaban J connectivity index is 2.55. The minimum absolute atomic E-state index is 0.00704. The summed E-state index contributed by atoms with van der Waals surface area (Å²) < 4.78 is 5.23. The van der Waals surface area contributed by atoms with Gasteiger partial charge in [0, 0.05) is 13.0 Å². The molecule has 0 aromatic rings. The standard InChI is InChI=1S/C10H21NO2/c1-3-4-8(7-11)10(12)6-5-9(10)13-2/h8-9,12H,3-7,11H2,1-2H3. The van der Waals surface area contributed by atoms with Gasteiger partial charge in [0.25, 0.3) is 0 Å². The molecular formula is C10H21NO2. The fourth-order valence-corrected chi connectivity index (χ4v) is 2.27. The Hall–Kier alpha value is -0.120. The van der Waals surface area contributed by atoms with Gasteiger partial charge in [-0.05, 0) is 25.8 Å². The maximum absolute atomic E-state index is 10.3. The molecule has 0 aromatic heterocycles. The van der Waals surface area contributed by atoms with Gasteiger partial charge >= 0.3 is 0 Å². The third-order valence-corrected chi connectivity index (χ3v) is 3.28. The van der Waals surface area contributed by atoms with Crippen LogP contribution in [0, 0.1) is 5.92 Å². The van der Waals surface area contributed by atoms with Gasteiger partial charge in [-0.3, -0.25) is 0 Å². The minimum atomic E-state index is -0.639. The van der Waals surface area contributed by atoms with Gasteiger partial charge in [0.1, 0.15) is 0 Å². The lowest BCUT2D eigenvalue weighted by Gasteiger charge is -2.49. The number of hydrogen-bond donors (Lipinski definition) is 2. The topological polar surface area (TPSA) is 55.5 Å². The van der Waals surface area contributed by atoms with Gasteiger partial charge in [-0.15, -0.1) is 0 Å². The zero-order valence-electron chi connectivity index (χ0n) is 8.62. The fourth-order valence-electron chi connectivity index (χ4n) is 2.27. The quantitative estimate of drug-likeness (QED) is 0.672. The molecule has 0 spiro atoms.